The number of fused-ring (bicyclic) bond motifs is 5. The van der Waals surface area contributed by atoms with Crippen LogP contribution in [-0.2, 0) is 28.9 Å². The molecule has 0 atom stereocenters. The molecular formula is C21H20N6O3S. The molecule has 0 bridgehead atoms. The van der Waals surface area contributed by atoms with Crippen molar-refractivity contribution < 1.29 is 9.53 Å². The van der Waals surface area contributed by atoms with Crippen molar-refractivity contribution in [1.82, 2.24) is 29.0 Å². The number of carbonyl (C=O) groups is 1. The zero-order valence-corrected chi connectivity index (χ0v) is 17.6. The second kappa shape index (κ2) is 7.24. The van der Waals surface area contributed by atoms with Crippen LogP contribution in [0, 0.1) is 0 Å². The maximum Gasteiger partial charge on any atom is 0.352 e. The van der Waals surface area contributed by atoms with Gasteiger partial charge in [0.1, 0.15) is 11.4 Å². The number of rotatable bonds is 3. The summed E-state index contributed by atoms with van der Waals surface area (Å²) >= 11 is 1.61. The molecule has 5 heterocycles. The number of thiophene rings is 1. The standard InChI is InChI=1S/C21H20N6O3S/c28-16(25-8-10-30-11-9-25)12-26-20-17(14-2-1-3-15(14)31-20)19-23-18(24-27(19)21(26)29)13-4-6-22-7-5-13/h4-7H,1-3,8-12H2. The van der Waals surface area contributed by atoms with E-state index in [-0.39, 0.29) is 18.1 Å². The average molecular weight is 436 g/mol. The summed E-state index contributed by atoms with van der Waals surface area (Å²) in [4.78, 5) is 39.1. The zero-order valence-electron chi connectivity index (χ0n) is 16.8. The molecule has 158 valence electrons. The van der Waals surface area contributed by atoms with E-state index >= 15 is 0 Å². The molecular weight excluding hydrogens is 416 g/mol. The number of ether oxygens (including phenoxy) is 1. The Morgan fingerprint density at radius 3 is 2.77 bits per heavy atom. The van der Waals surface area contributed by atoms with Crippen LogP contribution in [0.25, 0.3) is 27.3 Å². The van der Waals surface area contributed by atoms with Gasteiger partial charge in [-0.05, 0) is 37.0 Å². The van der Waals surface area contributed by atoms with Gasteiger partial charge >= 0.3 is 5.69 Å². The summed E-state index contributed by atoms with van der Waals surface area (Å²) < 4.78 is 8.29. The first-order valence-corrected chi connectivity index (χ1v) is 11.2. The van der Waals surface area contributed by atoms with Gasteiger partial charge < -0.3 is 9.64 Å². The Morgan fingerprint density at radius 1 is 1.16 bits per heavy atom. The molecule has 1 fully saturated rings. The third-order valence-electron chi connectivity index (χ3n) is 5.99. The van der Waals surface area contributed by atoms with Crippen molar-refractivity contribution in [3.05, 3.63) is 45.5 Å². The molecule has 1 amide bonds. The molecule has 31 heavy (non-hydrogen) atoms. The third kappa shape index (κ3) is 2.97. The highest BCUT2D eigenvalue weighted by molar-refractivity contribution is 7.19. The first-order chi connectivity index (χ1) is 15.2. The Balaban J connectivity index is 1.55. The Labute approximate surface area is 180 Å². The van der Waals surface area contributed by atoms with Crippen LogP contribution in [0.2, 0.25) is 0 Å². The molecule has 4 aromatic heterocycles. The number of hydrogen-bond donors (Lipinski definition) is 0. The van der Waals surface area contributed by atoms with E-state index in [1.165, 1.54) is 15.0 Å². The number of hydrogen-bond acceptors (Lipinski definition) is 7. The van der Waals surface area contributed by atoms with Crippen molar-refractivity contribution in [2.45, 2.75) is 25.8 Å². The summed E-state index contributed by atoms with van der Waals surface area (Å²) in [6, 6.07) is 3.65. The van der Waals surface area contributed by atoms with Gasteiger partial charge in [-0.3, -0.25) is 14.3 Å². The first-order valence-electron chi connectivity index (χ1n) is 10.4. The minimum atomic E-state index is -0.336. The number of carbonyl (C=O) groups excluding carboxylic acids is 1. The number of nitrogens with zero attached hydrogens (tertiary/aromatic N) is 6. The predicted molar refractivity (Wildman–Crippen MR) is 115 cm³/mol. The Bertz CT molecular complexity index is 1370. The lowest BCUT2D eigenvalue weighted by Crippen LogP contribution is -2.44. The summed E-state index contributed by atoms with van der Waals surface area (Å²) in [6.07, 6.45) is 6.41. The van der Waals surface area contributed by atoms with E-state index in [1.54, 1.807) is 33.2 Å². The van der Waals surface area contributed by atoms with Crippen molar-refractivity contribution in [3.8, 4) is 11.4 Å². The Kier molecular flexibility index (Phi) is 4.35. The van der Waals surface area contributed by atoms with Crippen molar-refractivity contribution in [2.75, 3.05) is 26.3 Å². The van der Waals surface area contributed by atoms with Gasteiger partial charge in [0.25, 0.3) is 0 Å². The van der Waals surface area contributed by atoms with Gasteiger partial charge in [0.15, 0.2) is 11.5 Å². The second-order valence-corrected chi connectivity index (χ2v) is 8.89. The number of aromatic nitrogens is 5. The van der Waals surface area contributed by atoms with Gasteiger partial charge in [0, 0.05) is 35.9 Å². The zero-order chi connectivity index (χ0) is 20.9. The van der Waals surface area contributed by atoms with Crippen LogP contribution in [0.3, 0.4) is 0 Å². The molecule has 2 aliphatic rings. The molecule has 10 heteroatoms. The summed E-state index contributed by atoms with van der Waals surface area (Å²) in [7, 11) is 0. The Hall–Kier alpha value is -3.11. The fraction of sp³-hybridized carbons (Fsp3) is 0.381. The molecule has 1 aliphatic heterocycles. The van der Waals surface area contributed by atoms with Crippen LogP contribution in [0.15, 0.2) is 29.3 Å². The van der Waals surface area contributed by atoms with E-state index in [4.69, 9.17) is 9.72 Å². The van der Waals surface area contributed by atoms with E-state index in [0.717, 1.165) is 35.0 Å². The van der Waals surface area contributed by atoms with Crippen LogP contribution in [0.4, 0.5) is 0 Å². The third-order valence-corrected chi connectivity index (χ3v) is 7.30. The van der Waals surface area contributed by atoms with E-state index in [2.05, 4.69) is 10.1 Å². The minimum Gasteiger partial charge on any atom is -0.378 e. The van der Waals surface area contributed by atoms with Crippen molar-refractivity contribution in [2.24, 2.45) is 0 Å². The second-order valence-electron chi connectivity index (χ2n) is 7.81. The topological polar surface area (TPSA) is 94.6 Å². The van der Waals surface area contributed by atoms with E-state index < -0.39 is 0 Å². The van der Waals surface area contributed by atoms with Crippen LogP contribution in [0.1, 0.15) is 16.9 Å². The number of aryl methyl sites for hydroxylation is 2. The van der Waals surface area contributed by atoms with Crippen LogP contribution < -0.4 is 5.69 Å². The number of morpholine rings is 1. The van der Waals surface area contributed by atoms with Crippen LogP contribution >= 0.6 is 11.3 Å². The molecule has 4 aromatic rings. The van der Waals surface area contributed by atoms with Crippen molar-refractivity contribution >= 4 is 33.1 Å². The van der Waals surface area contributed by atoms with Gasteiger partial charge in [-0.1, -0.05) is 0 Å². The molecule has 0 radical (unpaired) electrons. The average Bonchev–Trinajstić information content (AvgIpc) is 3.52. The summed E-state index contributed by atoms with van der Waals surface area (Å²) in [5.74, 6) is 0.407. The monoisotopic (exact) mass is 436 g/mol. The minimum absolute atomic E-state index is 0.00484. The normalized spacial score (nSPS) is 16.3. The molecule has 0 aromatic carbocycles. The lowest BCUT2D eigenvalue weighted by atomic mass is 10.2. The highest BCUT2D eigenvalue weighted by atomic mass is 32.1. The molecule has 0 N–H and O–H groups in total. The van der Waals surface area contributed by atoms with Crippen molar-refractivity contribution in [1.29, 1.82) is 0 Å². The van der Waals surface area contributed by atoms with Gasteiger partial charge in [0.2, 0.25) is 5.91 Å². The summed E-state index contributed by atoms with van der Waals surface area (Å²) in [6.45, 7) is 2.15. The summed E-state index contributed by atoms with van der Waals surface area (Å²) in [5, 5.41) is 5.48. The molecule has 0 saturated carbocycles. The molecule has 0 spiro atoms. The smallest absolute Gasteiger partial charge is 0.352 e. The Morgan fingerprint density at radius 2 is 1.97 bits per heavy atom. The van der Waals surface area contributed by atoms with Gasteiger partial charge in [-0.15, -0.1) is 16.4 Å². The van der Waals surface area contributed by atoms with Crippen LogP contribution in [0.5, 0.6) is 0 Å². The molecule has 1 aliphatic carbocycles. The maximum atomic E-state index is 13.5. The summed E-state index contributed by atoms with van der Waals surface area (Å²) in [5.41, 5.74) is 2.28. The van der Waals surface area contributed by atoms with E-state index in [9.17, 15) is 9.59 Å². The lowest BCUT2D eigenvalue weighted by Gasteiger charge is -2.27. The molecule has 1 saturated heterocycles. The van der Waals surface area contributed by atoms with Gasteiger partial charge in [-0.2, -0.15) is 4.52 Å². The van der Waals surface area contributed by atoms with Crippen LogP contribution in [-0.4, -0.2) is 61.3 Å². The van der Waals surface area contributed by atoms with Crippen molar-refractivity contribution in [3.63, 3.8) is 0 Å². The molecule has 6 rings (SSSR count). The SMILES string of the molecule is O=C(Cn1c(=O)n2nc(-c3ccncc3)nc2c2c3c(sc21)CCC3)N1CCOCC1. The highest BCUT2D eigenvalue weighted by Crippen LogP contribution is 2.38. The van der Waals surface area contributed by atoms with Gasteiger partial charge in [0.05, 0.1) is 18.6 Å². The largest absolute Gasteiger partial charge is 0.378 e. The lowest BCUT2D eigenvalue weighted by molar-refractivity contribution is -0.135. The highest BCUT2D eigenvalue weighted by Gasteiger charge is 2.27. The van der Waals surface area contributed by atoms with Gasteiger partial charge in [-0.25, -0.2) is 9.78 Å². The first kappa shape index (κ1) is 18.6. The fourth-order valence-electron chi connectivity index (χ4n) is 4.43. The quantitative estimate of drug-likeness (QED) is 0.483. The molecule has 9 nitrogen and oxygen atoms in total. The number of amides is 1. The maximum absolute atomic E-state index is 13.5. The number of pyridine rings is 1. The molecule has 0 unspecified atom stereocenters. The van der Waals surface area contributed by atoms with E-state index in [1.807, 2.05) is 12.1 Å². The fourth-order valence-corrected chi connectivity index (χ4v) is 5.81. The van der Waals surface area contributed by atoms with E-state index in [0.29, 0.717) is 37.8 Å². The predicted octanol–water partition coefficient (Wildman–Crippen LogP) is 1.52.